The number of hydrogen-bond acceptors (Lipinski definition) is 5. The SMILES string of the molecule is CON(Nc1cccc(C)c1[N+](=O)[O-])C(C)(C)C. The van der Waals surface area contributed by atoms with Gasteiger partial charge in [-0.3, -0.25) is 20.4 Å². The number of anilines is 1. The number of para-hydroxylation sites is 1. The number of rotatable bonds is 4. The molecule has 0 saturated heterocycles. The van der Waals surface area contributed by atoms with Gasteiger partial charge in [-0.2, -0.15) is 0 Å². The molecule has 0 fully saturated rings. The molecule has 0 amide bonds. The molecule has 1 rings (SSSR count). The zero-order chi connectivity index (χ0) is 13.9. The van der Waals surface area contributed by atoms with Crippen molar-refractivity contribution in [3.63, 3.8) is 0 Å². The quantitative estimate of drug-likeness (QED) is 0.660. The molecule has 0 spiro atoms. The standard InChI is InChI=1S/C12H19N3O3/c1-9-7-6-8-10(11(9)14(16)17)13-15(18-5)12(2,3)4/h6-8,13H,1-5H3. The van der Waals surface area contributed by atoms with E-state index in [-0.39, 0.29) is 11.2 Å². The van der Waals surface area contributed by atoms with E-state index in [2.05, 4.69) is 5.43 Å². The number of hydrogen-bond donors (Lipinski definition) is 1. The summed E-state index contributed by atoms with van der Waals surface area (Å²) in [5.74, 6) is 0. The average molecular weight is 253 g/mol. The predicted molar refractivity (Wildman–Crippen MR) is 70.1 cm³/mol. The van der Waals surface area contributed by atoms with Gasteiger partial charge in [0.25, 0.3) is 5.69 Å². The summed E-state index contributed by atoms with van der Waals surface area (Å²) < 4.78 is 0. The molecule has 0 heterocycles. The molecule has 0 saturated carbocycles. The van der Waals surface area contributed by atoms with Crippen LogP contribution < -0.4 is 5.43 Å². The largest absolute Gasteiger partial charge is 0.296 e. The van der Waals surface area contributed by atoms with E-state index in [4.69, 9.17) is 4.84 Å². The van der Waals surface area contributed by atoms with Crippen molar-refractivity contribution < 1.29 is 9.76 Å². The lowest BCUT2D eigenvalue weighted by Gasteiger charge is -2.33. The highest BCUT2D eigenvalue weighted by atomic mass is 16.7. The molecule has 0 aliphatic heterocycles. The van der Waals surface area contributed by atoms with Crippen LogP contribution in [-0.4, -0.2) is 22.7 Å². The van der Waals surface area contributed by atoms with Gasteiger partial charge in [0.1, 0.15) is 5.69 Å². The Kier molecular flexibility index (Phi) is 4.26. The van der Waals surface area contributed by atoms with Crippen LogP contribution in [0.2, 0.25) is 0 Å². The van der Waals surface area contributed by atoms with Crippen LogP contribution in [0.15, 0.2) is 18.2 Å². The Morgan fingerprint density at radius 3 is 2.44 bits per heavy atom. The van der Waals surface area contributed by atoms with E-state index in [1.54, 1.807) is 25.1 Å². The Labute approximate surface area is 107 Å². The minimum absolute atomic E-state index is 0.0591. The minimum atomic E-state index is -0.395. The Balaban J connectivity index is 3.11. The summed E-state index contributed by atoms with van der Waals surface area (Å²) in [7, 11) is 1.51. The molecule has 0 aliphatic carbocycles. The van der Waals surface area contributed by atoms with E-state index in [0.29, 0.717) is 11.3 Å². The van der Waals surface area contributed by atoms with E-state index in [0.717, 1.165) is 0 Å². The van der Waals surface area contributed by atoms with Crippen LogP contribution in [0.25, 0.3) is 0 Å². The van der Waals surface area contributed by atoms with Gasteiger partial charge < -0.3 is 0 Å². The van der Waals surface area contributed by atoms with E-state index in [9.17, 15) is 10.1 Å². The molecule has 0 aromatic heterocycles. The van der Waals surface area contributed by atoms with Crippen LogP contribution in [0, 0.1) is 17.0 Å². The number of nitrogens with one attached hydrogen (secondary N) is 1. The van der Waals surface area contributed by atoms with Crippen molar-refractivity contribution in [3.8, 4) is 0 Å². The van der Waals surface area contributed by atoms with Crippen LogP contribution in [0.1, 0.15) is 26.3 Å². The van der Waals surface area contributed by atoms with Gasteiger partial charge >= 0.3 is 0 Å². The molecule has 1 N–H and O–H groups in total. The van der Waals surface area contributed by atoms with Crippen molar-refractivity contribution in [2.75, 3.05) is 12.5 Å². The first kappa shape index (κ1) is 14.4. The van der Waals surface area contributed by atoms with E-state index < -0.39 is 4.92 Å². The van der Waals surface area contributed by atoms with Crippen LogP contribution in [-0.2, 0) is 4.84 Å². The lowest BCUT2D eigenvalue weighted by atomic mass is 10.1. The first-order chi connectivity index (χ1) is 8.27. The van der Waals surface area contributed by atoms with Gasteiger partial charge in [-0.1, -0.05) is 17.3 Å². The van der Waals surface area contributed by atoms with Crippen molar-refractivity contribution in [3.05, 3.63) is 33.9 Å². The van der Waals surface area contributed by atoms with E-state index in [1.807, 2.05) is 20.8 Å². The van der Waals surface area contributed by atoms with Crippen molar-refractivity contribution in [2.24, 2.45) is 0 Å². The monoisotopic (exact) mass is 253 g/mol. The van der Waals surface area contributed by atoms with Crippen LogP contribution in [0.5, 0.6) is 0 Å². The zero-order valence-electron chi connectivity index (χ0n) is 11.4. The Morgan fingerprint density at radius 1 is 1.39 bits per heavy atom. The van der Waals surface area contributed by atoms with Gasteiger partial charge in [0.15, 0.2) is 0 Å². The van der Waals surface area contributed by atoms with Crippen LogP contribution >= 0.6 is 0 Å². The number of aryl methyl sites for hydroxylation is 1. The van der Waals surface area contributed by atoms with Crippen molar-refractivity contribution in [2.45, 2.75) is 33.2 Å². The summed E-state index contributed by atoms with van der Waals surface area (Å²) in [6.07, 6.45) is 0. The lowest BCUT2D eigenvalue weighted by molar-refractivity contribution is -0.384. The number of hydrazine groups is 1. The summed E-state index contributed by atoms with van der Waals surface area (Å²) in [6.45, 7) is 7.51. The summed E-state index contributed by atoms with van der Waals surface area (Å²) in [5, 5.41) is 12.5. The van der Waals surface area contributed by atoms with Gasteiger partial charge in [-0.25, -0.2) is 0 Å². The molecule has 0 atom stereocenters. The Morgan fingerprint density at radius 2 is 2.00 bits per heavy atom. The van der Waals surface area contributed by atoms with Crippen molar-refractivity contribution in [1.82, 2.24) is 5.17 Å². The van der Waals surface area contributed by atoms with Gasteiger partial charge in [0.05, 0.1) is 17.6 Å². The summed E-state index contributed by atoms with van der Waals surface area (Å²) in [6, 6.07) is 5.13. The summed E-state index contributed by atoms with van der Waals surface area (Å²) in [5.41, 5.74) is 3.68. The zero-order valence-corrected chi connectivity index (χ0v) is 11.4. The second-order valence-electron chi connectivity index (χ2n) is 4.99. The fraction of sp³-hybridized carbons (Fsp3) is 0.500. The second kappa shape index (κ2) is 5.32. The summed E-state index contributed by atoms with van der Waals surface area (Å²) >= 11 is 0. The number of hydroxylamine groups is 1. The topological polar surface area (TPSA) is 67.6 Å². The van der Waals surface area contributed by atoms with Crippen molar-refractivity contribution in [1.29, 1.82) is 0 Å². The molecule has 6 heteroatoms. The molecule has 1 aromatic carbocycles. The molecule has 100 valence electrons. The smallest absolute Gasteiger partial charge is 0.289 e. The molecule has 18 heavy (non-hydrogen) atoms. The van der Waals surface area contributed by atoms with Gasteiger partial charge in [-0.05, 0) is 33.8 Å². The van der Waals surface area contributed by atoms with E-state index >= 15 is 0 Å². The fourth-order valence-corrected chi connectivity index (χ4v) is 1.59. The maximum absolute atomic E-state index is 11.1. The average Bonchev–Trinajstić information content (AvgIpc) is 2.23. The minimum Gasteiger partial charge on any atom is -0.289 e. The number of benzene rings is 1. The second-order valence-corrected chi connectivity index (χ2v) is 4.99. The number of nitrogens with zero attached hydrogens (tertiary/aromatic N) is 2. The van der Waals surface area contributed by atoms with Gasteiger partial charge in [-0.15, -0.1) is 0 Å². The molecule has 0 aliphatic rings. The third-order valence-corrected chi connectivity index (χ3v) is 2.43. The first-order valence-corrected chi connectivity index (χ1v) is 5.62. The third-order valence-electron chi connectivity index (χ3n) is 2.43. The predicted octanol–water partition coefficient (Wildman–Crippen LogP) is 2.89. The fourth-order valence-electron chi connectivity index (χ4n) is 1.59. The highest BCUT2D eigenvalue weighted by Crippen LogP contribution is 2.29. The normalized spacial score (nSPS) is 11.7. The number of nitro benzene ring substituents is 1. The van der Waals surface area contributed by atoms with Crippen LogP contribution in [0.4, 0.5) is 11.4 Å². The molecular weight excluding hydrogens is 234 g/mol. The molecule has 0 unspecified atom stereocenters. The maximum Gasteiger partial charge on any atom is 0.296 e. The highest BCUT2D eigenvalue weighted by Gasteiger charge is 2.25. The Hall–Kier alpha value is -1.66. The molecule has 6 nitrogen and oxygen atoms in total. The summed E-state index contributed by atoms with van der Waals surface area (Å²) in [4.78, 5) is 15.9. The molecular formula is C12H19N3O3. The first-order valence-electron chi connectivity index (χ1n) is 5.62. The number of nitro groups is 1. The molecule has 0 radical (unpaired) electrons. The van der Waals surface area contributed by atoms with Gasteiger partial charge in [0.2, 0.25) is 0 Å². The highest BCUT2D eigenvalue weighted by molar-refractivity contribution is 5.64. The third kappa shape index (κ3) is 3.18. The maximum atomic E-state index is 11.1. The van der Waals surface area contributed by atoms with Gasteiger partial charge in [0, 0.05) is 5.56 Å². The molecule has 0 bridgehead atoms. The lowest BCUT2D eigenvalue weighted by Crippen LogP contribution is -2.44. The Bertz CT molecular complexity index is 441. The molecule has 1 aromatic rings. The van der Waals surface area contributed by atoms with Crippen molar-refractivity contribution >= 4 is 11.4 Å². The van der Waals surface area contributed by atoms with E-state index in [1.165, 1.54) is 12.3 Å². The van der Waals surface area contributed by atoms with Crippen LogP contribution in [0.3, 0.4) is 0 Å².